The van der Waals surface area contributed by atoms with E-state index in [1.807, 2.05) is 24.3 Å². The van der Waals surface area contributed by atoms with Gasteiger partial charge in [-0.3, -0.25) is 0 Å². The first-order chi connectivity index (χ1) is 20.1. The largest absolute Gasteiger partial charge is 0.436 e. The van der Waals surface area contributed by atoms with E-state index < -0.39 is 0 Å². The Morgan fingerprint density at radius 2 is 1.27 bits per heavy atom. The van der Waals surface area contributed by atoms with Gasteiger partial charge in [0.15, 0.2) is 5.58 Å². The molecule has 1 aliphatic carbocycles. The molecule has 194 valence electrons. The van der Waals surface area contributed by atoms with Gasteiger partial charge in [0.1, 0.15) is 10.5 Å². The van der Waals surface area contributed by atoms with Crippen LogP contribution in [0.1, 0.15) is 25.0 Å². The molecule has 0 spiro atoms. The molecule has 0 saturated carbocycles. The molecular weight excluding hydrogens is 520 g/mol. The maximum Gasteiger partial charge on any atom is 0.228 e. The molecule has 6 aromatic carbocycles. The van der Waals surface area contributed by atoms with E-state index in [4.69, 9.17) is 14.4 Å². The van der Waals surface area contributed by atoms with Crippen LogP contribution in [0.2, 0.25) is 0 Å². The van der Waals surface area contributed by atoms with Crippen molar-refractivity contribution in [2.24, 2.45) is 0 Å². The van der Waals surface area contributed by atoms with E-state index in [0.29, 0.717) is 5.89 Å². The van der Waals surface area contributed by atoms with Gasteiger partial charge in [0, 0.05) is 11.0 Å². The highest BCUT2D eigenvalue weighted by molar-refractivity contribution is 7.21. The zero-order valence-electron chi connectivity index (χ0n) is 22.6. The first-order valence-electron chi connectivity index (χ1n) is 13.9. The minimum Gasteiger partial charge on any atom is -0.436 e. The van der Waals surface area contributed by atoms with Gasteiger partial charge in [-0.1, -0.05) is 86.6 Å². The van der Waals surface area contributed by atoms with E-state index in [2.05, 4.69) is 98.8 Å². The molecule has 0 amide bonds. The zero-order chi connectivity index (χ0) is 27.3. The van der Waals surface area contributed by atoms with E-state index in [9.17, 15) is 0 Å². The molecular formula is C37H24N2OS. The van der Waals surface area contributed by atoms with Crippen LogP contribution >= 0.6 is 11.3 Å². The molecule has 0 saturated heterocycles. The Morgan fingerprint density at radius 1 is 0.585 bits per heavy atom. The fourth-order valence-electron chi connectivity index (χ4n) is 6.79. The number of thiazole rings is 1. The molecule has 2 aromatic heterocycles. The van der Waals surface area contributed by atoms with Crippen molar-refractivity contribution in [1.29, 1.82) is 0 Å². The molecule has 1 aliphatic rings. The smallest absolute Gasteiger partial charge is 0.228 e. The second-order valence-corrected chi connectivity index (χ2v) is 12.4. The summed E-state index contributed by atoms with van der Waals surface area (Å²) >= 11 is 1.76. The number of nitrogens with zero attached hydrogens (tertiary/aromatic N) is 2. The third kappa shape index (κ3) is 3.14. The fourth-order valence-corrected chi connectivity index (χ4v) is 7.83. The quantitative estimate of drug-likeness (QED) is 0.203. The Bertz CT molecular complexity index is 2290. The Kier molecular flexibility index (Phi) is 4.55. The van der Waals surface area contributed by atoms with Gasteiger partial charge in [-0.25, -0.2) is 9.97 Å². The van der Waals surface area contributed by atoms with Gasteiger partial charge < -0.3 is 4.42 Å². The monoisotopic (exact) mass is 544 g/mol. The van der Waals surface area contributed by atoms with Crippen molar-refractivity contribution < 1.29 is 4.42 Å². The maximum atomic E-state index is 6.47. The maximum absolute atomic E-state index is 6.47. The van der Waals surface area contributed by atoms with Crippen LogP contribution in [0, 0.1) is 0 Å². The minimum atomic E-state index is -0.117. The SMILES string of the molecule is CC1(C)c2ccccc2-c2cc3c(-c4nc5ccccc5o4)c4ccccc4c(-c4nc5ccccc5s4)c3cc21. The highest BCUT2D eigenvalue weighted by Gasteiger charge is 2.36. The lowest BCUT2D eigenvalue weighted by Gasteiger charge is -2.23. The Morgan fingerprint density at radius 3 is 2.10 bits per heavy atom. The summed E-state index contributed by atoms with van der Waals surface area (Å²) < 4.78 is 7.66. The van der Waals surface area contributed by atoms with Crippen LogP contribution in [-0.2, 0) is 5.41 Å². The van der Waals surface area contributed by atoms with Gasteiger partial charge in [-0.05, 0) is 80.2 Å². The number of rotatable bonds is 2. The van der Waals surface area contributed by atoms with Gasteiger partial charge in [0.05, 0.1) is 15.8 Å². The highest BCUT2D eigenvalue weighted by Crippen LogP contribution is 2.53. The van der Waals surface area contributed by atoms with Crippen molar-refractivity contribution in [2.75, 3.05) is 0 Å². The molecule has 0 N–H and O–H groups in total. The van der Waals surface area contributed by atoms with Crippen molar-refractivity contribution in [3.05, 3.63) is 120 Å². The second-order valence-electron chi connectivity index (χ2n) is 11.4. The van der Waals surface area contributed by atoms with E-state index in [1.165, 1.54) is 37.9 Å². The average Bonchev–Trinajstić information content (AvgIpc) is 3.68. The summed E-state index contributed by atoms with van der Waals surface area (Å²) in [7, 11) is 0. The van der Waals surface area contributed by atoms with Crippen molar-refractivity contribution in [1.82, 2.24) is 9.97 Å². The summed E-state index contributed by atoms with van der Waals surface area (Å²) in [5.41, 5.74) is 10.1. The normalized spacial score (nSPS) is 13.8. The van der Waals surface area contributed by atoms with E-state index >= 15 is 0 Å². The van der Waals surface area contributed by atoms with Crippen molar-refractivity contribution in [2.45, 2.75) is 19.3 Å². The number of aromatic nitrogens is 2. The van der Waals surface area contributed by atoms with Crippen LogP contribution in [0.15, 0.2) is 114 Å². The third-order valence-corrected chi connectivity index (χ3v) is 9.80. The van der Waals surface area contributed by atoms with Crippen molar-refractivity contribution >= 4 is 54.2 Å². The van der Waals surface area contributed by atoms with Gasteiger partial charge in [0.2, 0.25) is 5.89 Å². The van der Waals surface area contributed by atoms with Gasteiger partial charge >= 0.3 is 0 Å². The summed E-state index contributed by atoms with van der Waals surface area (Å²) in [5.74, 6) is 0.647. The van der Waals surface area contributed by atoms with E-state index in [-0.39, 0.29) is 5.41 Å². The molecule has 0 aliphatic heterocycles. The standard InChI is InChI=1S/C37H24N2OS/c1-37(2)27-14-6-5-11-21(27)24-19-25-26(20-28(24)37)34(36-39-30-16-8-10-18-32(30)41-36)23-13-4-3-12-22(23)33(25)35-38-29-15-7-9-17-31(29)40-35/h3-20H,1-2H3. The van der Waals surface area contributed by atoms with Crippen LogP contribution in [0.3, 0.4) is 0 Å². The van der Waals surface area contributed by atoms with Crippen LogP contribution in [-0.4, -0.2) is 9.97 Å². The molecule has 0 atom stereocenters. The fraction of sp³-hybridized carbons (Fsp3) is 0.0811. The average molecular weight is 545 g/mol. The summed E-state index contributed by atoms with van der Waals surface area (Å²) in [4.78, 5) is 10.2. The molecule has 0 fully saturated rings. The topological polar surface area (TPSA) is 38.9 Å². The van der Waals surface area contributed by atoms with Crippen LogP contribution in [0.5, 0.6) is 0 Å². The number of hydrogen-bond acceptors (Lipinski definition) is 4. The summed E-state index contributed by atoms with van der Waals surface area (Å²) in [6.45, 7) is 4.67. The lowest BCUT2D eigenvalue weighted by molar-refractivity contribution is 0.621. The molecule has 3 nitrogen and oxygen atoms in total. The molecule has 4 heteroatoms. The number of para-hydroxylation sites is 3. The van der Waals surface area contributed by atoms with Gasteiger partial charge in [0.25, 0.3) is 0 Å². The van der Waals surface area contributed by atoms with Crippen molar-refractivity contribution in [3.8, 4) is 33.2 Å². The van der Waals surface area contributed by atoms with Crippen LogP contribution in [0.4, 0.5) is 0 Å². The predicted octanol–water partition coefficient (Wildman–Crippen LogP) is 10.4. The van der Waals surface area contributed by atoms with Crippen LogP contribution < -0.4 is 0 Å². The highest BCUT2D eigenvalue weighted by atomic mass is 32.1. The lowest BCUT2D eigenvalue weighted by atomic mass is 9.80. The minimum absolute atomic E-state index is 0.117. The van der Waals surface area contributed by atoms with Crippen molar-refractivity contribution in [3.63, 3.8) is 0 Å². The number of hydrogen-bond donors (Lipinski definition) is 0. The molecule has 41 heavy (non-hydrogen) atoms. The molecule has 2 heterocycles. The van der Waals surface area contributed by atoms with Crippen LogP contribution in [0.25, 0.3) is 76.0 Å². The Balaban J connectivity index is 1.49. The van der Waals surface area contributed by atoms with E-state index in [0.717, 1.165) is 43.3 Å². The molecule has 0 bridgehead atoms. The van der Waals surface area contributed by atoms with Gasteiger partial charge in [-0.2, -0.15) is 0 Å². The predicted molar refractivity (Wildman–Crippen MR) is 171 cm³/mol. The number of oxazole rings is 1. The summed E-state index contributed by atoms with van der Waals surface area (Å²) in [6, 6.07) is 38.7. The second kappa shape index (κ2) is 8.12. The lowest BCUT2D eigenvalue weighted by Crippen LogP contribution is -2.14. The molecule has 0 radical (unpaired) electrons. The summed E-state index contributed by atoms with van der Waals surface area (Å²) in [6.07, 6.45) is 0. The first kappa shape index (κ1) is 23.0. The van der Waals surface area contributed by atoms with Gasteiger partial charge in [-0.15, -0.1) is 11.3 Å². The summed E-state index contributed by atoms with van der Waals surface area (Å²) in [5, 5.41) is 5.62. The Hall–Kier alpha value is -4.80. The molecule has 9 rings (SSSR count). The molecule has 0 unspecified atom stereocenters. The Labute approximate surface area is 240 Å². The third-order valence-electron chi connectivity index (χ3n) is 8.74. The number of benzene rings is 6. The molecule has 8 aromatic rings. The number of fused-ring (bicyclic) bond motifs is 7. The van der Waals surface area contributed by atoms with E-state index in [1.54, 1.807) is 11.3 Å². The zero-order valence-corrected chi connectivity index (χ0v) is 23.4. The first-order valence-corrected chi connectivity index (χ1v) is 14.7.